The van der Waals surface area contributed by atoms with E-state index < -0.39 is 17.9 Å². The zero-order valence-electron chi connectivity index (χ0n) is 16.1. The molecule has 7 nitrogen and oxygen atoms in total. The molecule has 0 heterocycles. The van der Waals surface area contributed by atoms with E-state index in [2.05, 4.69) is 10.9 Å². The largest absolute Gasteiger partial charge is 0.493 e. The fourth-order valence-corrected chi connectivity index (χ4v) is 2.37. The van der Waals surface area contributed by atoms with Gasteiger partial charge >= 0.3 is 0 Å². The summed E-state index contributed by atoms with van der Waals surface area (Å²) in [4.78, 5) is 24.4. The molecule has 0 spiro atoms. The minimum absolute atomic E-state index is 0.316. The minimum Gasteiger partial charge on any atom is -0.493 e. The second-order valence-electron chi connectivity index (χ2n) is 5.97. The molecule has 144 valence electrons. The van der Waals surface area contributed by atoms with Crippen LogP contribution in [0.3, 0.4) is 0 Å². The molecule has 7 heteroatoms. The molecule has 2 aromatic rings. The topological polar surface area (TPSA) is 85.9 Å². The van der Waals surface area contributed by atoms with E-state index in [4.69, 9.17) is 14.2 Å². The normalized spacial score (nSPS) is 11.3. The first kappa shape index (κ1) is 20.1. The molecule has 0 fully saturated rings. The zero-order chi connectivity index (χ0) is 20.0. The maximum absolute atomic E-state index is 12.2. The van der Waals surface area contributed by atoms with Crippen molar-refractivity contribution in [3.8, 4) is 17.2 Å². The number of methoxy groups -OCH3 is 2. The highest BCUT2D eigenvalue weighted by Gasteiger charge is 2.17. The molecular formula is C20H24N2O5. The molecule has 0 saturated carbocycles. The number of amides is 2. The first-order valence-electron chi connectivity index (χ1n) is 8.42. The monoisotopic (exact) mass is 372 g/mol. The molecule has 0 unspecified atom stereocenters. The van der Waals surface area contributed by atoms with Crippen LogP contribution in [0.4, 0.5) is 0 Å². The SMILES string of the molecule is COc1ccc(C(=O)NNC(=O)[C@@H](C)Oc2cccc(C)c2C)cc1OC. The Bertz CT molecular complexity index is 835. The Morgan fingerprint density at radius 2 is 1.63 bits per heavy atom. The molecule has 0 bridgehead atoms. The number of carbonyl (C=O) groups excluding carboxylic acids is 2. The van der Waals surface area contributed by atoms with Crippen molar-refractivity contribution in [1.82, 2.24) is 10.9 Å². The molecule has 0 aromatic heterocycles. The van der Waals surface area contributed by atoms with E-state index in [1.807, 2.05) is 26.0 Å². The predicted molar refractivity (Wildman–Crippen MR) is 101 cm³/mol. The molecule has 2 rings (SSSR count). The van der Waals surface area contributed by atoms with Crippen LogP contribution in [0.1, 0.15) is 28.4 Å². The fourth-order valence-electron chi connectivity index (χ4n) is 2.37. The lowest BCUT2D eigenvalue weighted by molar-refractivity contribution is -0.128. The number of rotatable bonds is 6. The summed E-state index contributed by atoms with van der Waals surface area (Å²) >= 11 is 0. The molecule has 1 atom stereocenters. The number of nitrogens with one attached hydrogen (secondary N) is 2. The summed E-state index contributed by atoms with van der Waals surface area (Å²) in [7, 11) is 2.99. The molecular weight excluding hydrogens is 348 g/mol. The van der Waals surface area contributed by atoms with Crippen LogP contribution in [-0.4, -0.2) is 32.1 Å². The maximum Gasteiger partial charge on any atom is 0.279 e. The van der Waals surface area contributed by atoms with Crippen LogP contribution in [0.15, 0.2) is 36.4 Å². The van der Waals surface area contributed by atoms with E-state index in [0.29, 0.717) is 22.8 Å². The Morgan fingerprint density at radius 3 is 2.30 bits per heavy atom. The van der Waals surface area contributed by atoms with E-state index in [-0.39, 0.29) is 0 Å². The van der Waals surface area contributed by atoms with Gasteiger partial charge < -0.3 is 14.2 Å². The standard InChI is InChI=1S/C20H24N2O5/c1-12-7-6-8-16(13(12)2)27-14(3)19(23)21-22-20(24)15-9-10-17(25-4)18(11-15)26-5/h6-11,14H,1-5H3,(H,21,23)(H,22,24)/t14-/m1/s1. The average molecular weight is 372 g/mol. The minimum atomic E-state index is -0.781. The lowest BCUT2D eigenvalue weighted by atomic mass is 10.1. The average Bonchev–Trinajstić information content (AvgIpc) is 2.68. The summed E-state index contributed by atoms with van der Waals surface area (Å²) in [5.41, 5.74) is 7.08. The summed E-state index contributed by atoms with van der Waals surface area (Å²) in [5.74, 6) is 0.605. The Balaban J connectivity index is 1.96. The maximum atomic E-state index is 12.2. The number of hydrazine groups is 1. The molecule has 2 amide bonds. The van der Waals surface area contributed by atoms with Gasteiger partial charge in [0.25, 0.3) is 11.8 Å². The second-order valence-corrected chi connectivity index (χ2v) is 5.97. The summed E-state index contributed by atoms with van der Waals surface area (Å²) in [6, 6.07) is 10.3. The van der Waals surface area contributed by atoms with Gasteiger partial charge in [0.15, 0.2) is 17.6 Å². The van der Waals surface area contributed by atoms with Crippen LogP contribution in [0.2, 0.25) is 0 Å². The van der Waals surface area contributed by atoms with Crippen molar-refractivity contribution in [2.45, 2.75) is 26.9 Å². The molecule has 2 aromatic carbocycles. The third kappa shape index (κ3) is 4.91. The molecule has 2 N–H and O–H groups in total. The highest BCUT2D eigenvalue weighted by atomic mass is 16.5. The Hall–Kier alpha value is -3.22. The highest BCUT2D eigenvalue weighted by Crippen LogP contribution is 2.27. The van der Waals surface area contributed by atoms with Gasteiger partial charge in [0.2, 0.25) is 0 Å². The predicted octanol–water partition coefficient (Wildman–Crippen LogP) is 2.55. The van der Waals surface area contributed by atoms with Crippen LogP contribution >= 0.6 is 0 Å². The van der Waals surface area contributed by atoms with Crippen LogP contribution in [0, 0.1) is 13.8 Å². The Kier molecular flexibility index (Phi) is 6.65. The van der Waals surface area contributed by atoms with E-state index in [1.54, 1.807) is 25.1 Å². The van der Waals surface area contributed by atoms with Crippen LogP contribution in [0.5, 0.6) is 17.2 Å². The summed E-state index contributed by atoms with van der Waals surface area (Å²) in [6.45, 7) is 5.50. The smallest absolute Gasteiger partial charge is 0.279 e. The Morgan fingerprint density at radius 1 is 0.926 bits per heavy atom. The van der Waals surface area contributed by atoms with Crippen LogP contribution in [0.25, 0.3) is 0 Å². The van der Waals surface area contributed by atoms with Gasteiger partial charge in [-0.15, -0.1) is 0 Å². The van der Waals surface area contributed by atoms with Crippen LogP contribution in [-0.2, 0) is 4.79 Å². The lowest BCUT2D eigenvalue weighted by Crippen LogP contribution is -2.47. The van der Waals surface area contributed by atoms with Crippen molar-refractivity contribution in [3.05, 3.63) is 53.1 Å². The summed E-state index contributed by atoms with van der Waals surface area (Å²) < 4.78 is 16.0. The zero-order valence-corrected chi connectivity index (χ0v) is 16.1. The van der Waals surface area contributed by atoms with Gasteiger partial charge in [0.05, 0.1) is 14.2 Å². The van der Waals surface area contributed by atoms with Gasteiger partial charge in [-0.25, -0.2) is 0 Å². The molecule has 0 aliphatic heterocycles. The molecule has 0 aliphatic rings. The van der Waals surface area contributed by atoms with Crippen molar-refractivity contribution < 1.29 is 23.8 Å². The first-order chi connectivity index (χ1) is 12.9. The first-order valence-corrected chi connectivity index (χ1v) is 8.42. The van der Waals surface area contributed by atoms with Crippen molar-refractivity contribution in [3.63, 3.8) is 0 Å². The number of carbonyl (C=O) groups is 2. The number of ether oxygens (including phenoxy) is 3. The third-order valence-electron chi connectivity index (χ3n) is 4.17. The van der Waals surface area contributed by atoms with E-state index in [9.17, 15) is 9.59 Å². The van der Waals surface area contributed by atoms with Gasteiger partial charge in [-0.1, -0.05) is 12.1 Å². The lowest BCUT2D eigenvalue weighted by Gasteiger charge is -2.17. The van der Waals surface area contributed by atoms with E-state index in [0.717, 1.165) is 11.1 Å². The number of hydrogen-bond donors (Lipinski definition) is 2. The molecule has 0 saturated heterocycles. The highest BCUT2D eigenvalue weighted by molar-refractivity contribution is 5.96. The van der Waals surface area contributed by atoms with E-state index in [1.165, 1.54) is 20.3 Å². The third-order valence-corrected chi connectivity index (χ3v) is 4.17. The van der Waals surface area contributed by atoms with E-state index >= 15 is 0 Å². The number of aryl methyl sites for hydroxylation is 1. The van der Waals surface area contributed by atoms with Crippen LogP contribution < -0.4 is 25.1 Å². The quantitative estimate of drug-likeness (QED) is 0.761. The summed E-state index contributed by atoms with van der Waals surface area (Å²) in [5, 5.41) is 0. The molecule has 27 heavy (non-hydrogen) atoms. The number of benzene rings is 2. The van der Waals surface area contributed by atoms with Crippen molar-refractivity contribution >= 4 is 11.8 Å². The van der Waals surface area contributed by atoms with Gasteiger partial charge in [-0.2, -0.15) is 0 Å². The van der Waals surface area contributed by atoms with Gasteiger partial charge in [-0.05, 0) is 56.2 Å². The molecule has 0 radical (unpaired) electrons. The van der Waals surface area contributed by atoms with Crippen molar-refractivity contribution in [2.75, 3.05) is 14.2 Å². The van der Waals surface area contributed by atoms with Crippen molar-refractivity contribution in [2.24, 2.45) is 0 Å². The Labute approximate surface area is 158 Å². The van der Waals surface area contributed by atoms with Gasteiger partial charge in [0.1, 0.15) is 5.75 Å². The van der Waals surface area contributed by atoms with Gasteiger partial charge in [-0.3, -0.25) is 20.4 Å². The fraction of sp³-hybridized carbons (Fsp3) is 0.300. The van der Waals surface area contributed by atoms with Crippen molar-refractivity contribution in [1.29, 1.82) is 0 Å². The molecule has 0 aliphatic carbocycles. The summed E-state index contributed by atoms with van der Waals surface area (Å²) in [6.07, 6.45) is -0.781. The number of hydrogen-bond acceptors (Lipinski definition) is 5. The van der Waals surface area contributed by atoms with Gasteiger partial charge in [0, 0.05) is 5.56 Å². The second kappa shape index (κ2) is 8.93.